The van der Waals surface area contributed by atoms with Crippen LogP contribution in [0.2, 0.25) is 5.02 Å². The molecule has 1 aromatic carbocycles. The molecule has 0 fully saturated rings. The maximum absolute atomic E-state index is 11.4. The number of benzene rings is 1. The Hall–Kier alpha value is -2.54. The van der Waals surface area contributed by atoms with E-state index in [4.69, 9.17) is 21.4 Å². The maximum atomic E-state index is 11.4. The van der Waals surface area contributed by atoms with Crippen molar-refractivity contribution in [2.75, 3.05) is 12.4 Å². The fourth-order valence-corrected chi connectivity index (χ4v) is 1.98. The van der Waals surface area contributed by atoms with Gasteiger partial charge in [-0.3, -0.25) is 4.79 Å². The first-order valence-corrected chi connectivity index (χ1v) is 6.24. The summed E-state index contributed by atoms with van der Waals surface area (Å²) in [6.45, 7) is 1.64. The lowest BCUT2D eigenvalue weighted by Crippen LogP contribution is -2.10. The van der Waals surface area contributed by atoms with E-state index >= 15 is 0 Å². The molecule has 0 spiro atoms. The van der Waals surface area contributed by atoms with Crippen LogP contribution in [-0.2, 0) is 0 Å². The van der Waals surface area contributed by atoms with E-state index in [1.165, 1.54) is 25.3 Å². The minimum absolute atomic E-state index is 0.0527. The van der Waals surface area contributed by atoms with Gasteiger partial charge in [0.2, 0.25) is 0 Å². The molecule has 0 saturated carbocycles. The lowest BCUT2D eigenvalue weighted by atomic mass is 10.2. The number of hydrogen-bond donors (Lipinski definition) is 3. The van der Waals surface area contributed by atoms with Gasteiger partial charge in [-0.25, -0.2) is 9.78 Å². The molecule has 2 rings (SSSR count). The van der Waals surface area contributed by atoms with Crippen molar-refractivity contribution >= 4 is 29.1 Å². The summed E-state index contributed by atoms with van der Waals surface area (Å²) in [5.74, 6) is -0.264. The molecule has 0 aliphatic rings. The SMILES string of the molecule is COc1cc(Nc2cc(=O)[nH]c(C)n2)c(Cl)cc1C(=O)O. The van der Waals surface area contributed by atoms with E-state index in [1.807, 2.05) is 0 Å². The Morgan fingerprint density at radius 2 is 2.14 bits per heavy atom. The highest BCUT2D eigenvalue weighted by molar-refractivity contribution is 6.33. The van der Waals surface area contributed by atoms with E-state index in [2.05, 4.69) is 15.3 Å². The Morgan fingerprint density at radius 1 is 1.43 bits per heavy atom. The third kappa shape index (κ3) is 3.32. The van der Waals surface area contributed by atoms with Crippen molar-refractivity contribution < 1.29 is 14.6 Å². The monoisotopic (exact) mass is 309 g/mol. The number of aromatic nitrogens is 2. The summed E-state index contributed by atoms with van der Waals surface area (Å²) in [5, 5.41) is 12.1. The molecule has 0 unspecified atom stereocenters. The number of H-pyrrole nitrogens is 1. The van der Waals surface area contributed by atoms with Crippen LogP contribution in [0, 0.1) is 6.92 Å². The van der Waals surface area contributed by atoms with Crippen LogP contribution in [0.3, 0.4) is 0 Å². The van der Waals surface area contributed by atoms with Crippen LogP contribution >= 0.6 is 11.6 Å². The number of halogens is 1. The van der Waals surface area contributed by atoms with Gasteiger partial charge in [0.1, 0.15) is 23.0 Å². The highest BCUT2D eigenvalue weighted by atomic mass is 35.5. The molecule has 7 nitrogen and oxygen atoms in total. The number of carboxylic acids is 1. The molecule has 2 aromatic rings. The van der Waals surface area contributed by atoms with Gasteiger partial charge in [0, 0.05) is 12.1 Å². The Kier molecular flexibility index (Phi) is 4.13. The maximum Gasteiger partial charge on any atom is 0.339 e. The number of ether oxygens (including phenoxy) is 1. The smallest absolute Gasteiger partial charge is 0.339 e. The number of aromatic carboxylic acids is 1. The Morgan fingerprint density at radius 3 is 2.71 bits per heavy atom. The highest BCUT2D eigenvalue weighted by Crippen LogP contribution is 2.32. The number of methoxy groups -OCH3 is 1. The van der Waals surface area contributed by atoms with Gasteiger partial charge in [-0.15, -0.1) is 0 Å². The fraction of sp³-hybridized carbons (Fsp3) is 0.154. The second-order valence-corrected chi connectivity index (χ2v) is 4.59. The van der Waals surface area contributed by atoms with Gasteiger partial charge >= 0.3 is 5.97 Å². The van der Waals surface area contributed by atoms with Gasteiger partial charge < -0.3 is 20.1 Å². The van der Waals surface area contributed by atoms with Crippen LogP contribution in [0.15, 0.2) is 23.0 Å². The van der Waals surface area contributed by atoms with Crippen molar-refractivity contribution in [3.05, 3.63) is 45.0 Å². The summed E-state index contributed by atoms with van der Waals surface area (Å²) in [4.78, 5) is 29.1. The van der Waals surface area contributed by atoms with Crippen LogP contribution in [0.4, 0.5) is 11.5 Å². The number of nitrogens with one attached hydrogen (secondary N) is 2. The number of hydrogen-bond acceptors (Lipinski definition) is 5. The number of nitrogens with zero attached hydrogens (tertiary/aromatic N) is 1. The van der Waals surface area contributed by atoms with Gasteiger partial charge in [0.25, 0.3) is 5.56 Å². The lowest BCUT2D eigenvalue weighted by Gasteiger charge is -2.12. The van der Waals surface area contributed by atoms with Crippen molar-refractivity contribution in [1.82, 2.24) is 9.97 Å². The number of aromatic amines is 1. The molecule has 0 saturated heterocycles. The first kappa shape index (κ1) is 14.9. The highest BCUT2D eigenvalue weighted by Gasteiger charge is 2.15. The molecular formula is C13H12ClN3O4. The summed E-state index contributed by atoms with van der Waals surface area (Å²) < 4.78 is 5.02. The molecule has 110 valence electrons. The van der Waals surface area contributed by atoms with Crippen LogP contribution in [0.1, 0.15) is 16.2 Å². The Labute approximate surface area is 124 Å². The molecule has 1 aromatic heterocycles. The minimum Gasteiger partial charge on any atom is -0.496 e. The zero-order valence-corrected chi connectivity index (χ0v) is 12.0. The summed E-state index contributed by atoms with van der Waals surface area (Å²) in [5.41, 5.74) is 0.0226. The number of carboxylic acid groups (broad SMARTS) is 1. The molecule has 21 heavy (non-hydrogen) atoms. The molecule has 0 bridgehead atoms. The summed E-state index contributed by atoms with van der Waals surface area (Å²) >= 11 is 6.04. The molecule has 0 atom stereocenters. The third-order valence-electron chi connectivity index (χ3n) is 2.64. The average molecular weight is 310 g/mol. The van der Waals surface area contributed by atoms with Gasteiger partial charge in [-0.2, -0.15) is 0 Å². The van der Waals surface area contributed by atoms with Gasteiger partial charge in [0.15, 0.2) is 0 Å². The van der Waals surface area contributed by atoms with Crippen molar-refractivity contribution in [3.8, 4) is 5.75 Å². The van der Waals surface area contributed by atoms with E-state index in [9.17, 15) is 9.59 Å². The predicted octanol–water partition coefficient (Wildman–Crippen LogP) is 2.18. The number of carbonyl (C=O) groups is 1. The predicted molar refractivity (Wildman–Crippen MR) is 77.8 cm³/mol. The van der Waals surface area contributed by atoms with Gasteiger partial charge in [-0.1, -0.05) is 11.6 Å². The standard InChI is InChI=1S/C13H12ClN3O4/c1-6-15-11(5-12(18)16-6)17-9-4-10(21-2)7(13(19)20)3-8(9)14/h3-5H,1-2H3,(H,19,20)(H2,15,16,17,18). The van der Waals surface area contributed by atoms with E-state index in [0.29, 0.717) is 17.3 Å². The lowest BCUT2D eigenvalue weighted by molar-refractivity contribution is 0.0693. The molecule has 0 amide bonds. The van der Waals surface area contributed by atoms with Crippen LogP contribution in [-0.4, -0.2) is 28.2 Å². The van der Waals surface area contributed by atoms with Gasteiger partial charge in [-0.05, 0) is 13.0 Å². The zero-order valence-electron chi connectivity index (χ0n) is 11.2. The molecule has 8 heteroatoms. The summed E-state index contributed by atoms with van der Waals surface area (Å²) in [6, 6.07) is 3.97. The van der Waals surface area contributed by atoms with Crippen molar-refractivity contribution in [3.63, 3.8) is 0 Å². The van der Waals surface area contributed by atoms with Crippen LogP contribution in [0.5, 0.6) is 5.75 Å². The molecule has 1 heterocycles. The fourth-order valence-electron chi connectivity index (χ4n) is 1.77. The number of anilines is 2. The average Bonchev–Trinajstić information content (AvgIpc) is 2.39. The Balaban J connectivity index is 2.44. The largest absolute Gasteiger partial charge is 0.496 e. The van der Waals surface area contributed by atoms with E-state index in [-0.39, 0.29) is 21.9 Å². The molecule has 3 N–H and O–H groups in total. The van der Waals surface area contributed by atoms with Crippen LogP contribution < -0.4 is 15.6 Å². The van der Waals surface area contributed by atoms with Crippen molar-refractivity contribution in [2.24, 2.45) is 0 Å². The summed E-state index contributed by atoms with van der Waals surface area (Å²) in [7, 11) is 1.36. The van der Waals surface area contributed by atoms with E-state index in [0.717, 1.165) is 0 Å². The first-order valence-electron chi connectivity index (χ1n) is 5.86. The molecule has 0 aliphatic heterocycles. The number of rotatable bonds is 4. The Bertz CT molecular complexity index is 758. The third-order valence-corrected chi connectivity index (χ3v) is 2.96. The molecular weight excluding hydrogens is 298 g/mol. The summed E-state index contributed by atoms with van der Waals surface area (Å²) in [6.07, 6.45) is 0. The van der Waals surface area contributed by atoms with E-state index < -0.39 is 5.97 Å². The first-order chi connectivity index (χ1) is 9.90. The minimum atomic E-state index is -1.15. The van der Waals surface area contributed by atoms with Crippen molar-refractivity contribution in [2.45, 2.75) is 6.92 Å². The second-order valence-electron chi connectivity index (χ2n) is 4.18. The van der Waals surface area contributed by atoms with E-state index in [1.54, 1.807) is 6.92 Å². The normalized spacial score (nSPS) is 10.2. The number of aryl methyl sites for hydroxylation is 1. The molecule has 0 aliphatic carbocycles. The van der Waals surface area contributed by atoms with Crippen LogP contribution in [0.25, 0.3) is 0 Å². The second kappa shape index (κ2) is 5.84. The topological polar surface area (TPSA) is 104 Å². The van der Waals surface area contributed by atoms with Crippen molar-refractivity contribution in [1.29, 1.82) is 0 Å². The van der Waals surface area contributed by atoms with Gasteiger partial charge in [0.05, 0.1) is 17.8 Å². The zero-order chi connectivity index (χ0) is 15.6. The molecule has 0 radical (unpaired) electrons. The quantitative estimate of drug-likeness (QED) is 0.799.